The minimum atomic E-state index is -4.69. The third kappa shape index (κ3) is 3.66. The highest BCUT2D eigenvalue weighted by Crippen LogP contribution is 2.24. The fourth-order valence-electron chi connectivity index (χ4n) is 1.42. The fourth-order valence-corrected chi connectivity index (χ4v) is 1.42. The molecule has 7 heteroatoms. The highest BCUT2D eigenvalue weighted by Gasteiger charge is 2.49. The molecule has 106 valence electrons. The molecule has 0 saturated carbocycles. The normalized spacial score (nSPS) is 13.4. The topological polar surface area (TPSA) is 55.1 Å². The maximum Gasteiger partial charge on any atom is 0.383 e. The summed E-state index contributed by atoms with van der Waals surface area (Å²) in [5.41, 5.74) is 6.75. The number of hydrogen-bond donors (Lipinski definition) is 2. The fraction of sp³-hybridized carbons (Fsp3) is 0.417. The summed E-state index contributed by atoms with van der Waals surface area (Å²) in [6, 6.07) is 5.72. The highest BCUT2D eigenvalue weighted by atomic mass is 19.3. The van der Waals surface area contributed by atoms with Gasteiger partial charge in [-0.2, -0.15) is 8.78 Å². The number of carbonyl (C=O) groups excluding carboxylic acids is 1. The molecule has 19 heavy (non-hydrogen) atoms. The number of alkyl halides is 4. The molecule has 3 N–H and O–H groups in total. The highest BCUT2D eigenvalue weighted by molar-refractivity contribution is 5.84. The van der Waals surface area contributed by atoms with Crippen molar-refractivity contribution < 1.29 is 22.4 Å². The monoisotopic (exact) mass is 278 g/mol. The zero-order valence-corrected chi connectivity index (χ0v) is 10.2. The van der Waals surface area contributed by atoms with Crippen LogP contribution in [0.2, 0.25) is 0 Å². The zero-order valence-electron chi connectivity index (χ0n) is 10.2. The maximum atomic E-state index is 12.8. The lowest BCUT2D eigenvalue weighted by molar-refractivity contribution is -0.170. The van der Waals surface area contributed by atoms with Crippen LogP contribution in [0.3, 0.4) is 0 Å². The Labute approximate surface area is 107 Å². The molecule has 0 fully saturated rings. The van der Waals surface area contributed by atoms with Crippen LogP contribution in [0.1, 0.15) is 24.1 Å². The predicted octanol–water partition coefficient (Wildman–Crippen LogP) is 2.22. The van der Waals surface area contributed by atoms with Crippen LogP contribution in [0.25, 0.3) is 0 Å². The van der Waals surface area contributed by atoms with Crippen molar-refractivity contribution >= 4 is 5.91 Å². The van der Waals surface area contributed by atoms with Crippen LogP contribution in [0.15, 0.2) is 24.3 Å². The van der Waals surface area contributed by atoms with E-state index in [1.807, 2.05) is 5.32 Å². The summed E-state index contributed by atoms with van der Waals surface area (Å²) < 4.78 is 49.5. The second-order valence-corrected chi connectivity index (χ2v) is 4.06. The Hall–Kier alpha value is -1.63. The third-order valence-corrected chi connectivity index (χ3v) is 2.64. The van der Waals surface area contributed by atoms with Crippen molar-refractivity contribution in [3.63, 3.8) is 0 Å². The van der Waals surface area contributed by atoms with E-state index in [-0.39, 0.29) is 0 Å². The van der Waals surface area contributed by atoms with Gasteiger partial charge in [-0.3, -0.25) is 4.79 Å². The summed E-state index contributed by atoms with van der Waals surface area (Å²) in [6.07, 6.45) is -4.03. The molecule has 0 aliphatic rings. The molecule has 0 saturated heterocycles. The van der Waals surface area contributed by atoms with E-state index in [0.717, 1.165) is 5.56 Å². The van der Waals surface area contributed by atoms with Crippen LogP contribution < -0.4 is 11.1 Å². The SMILES string of the molecule is CC(NC(=O)C(F)(F)C(F)F)c1ccc(CN)cc1. The first-order chi connectivity index (χ1) is 8.78. The molecular weight excluding hydrogens is 264 g/mol. The quantitative estimate of drug-likeness (QED) is 0.811. The molecule has 1 aromatic rings. The molecule has 0 heterocycles. The minimum absolute atomic E-state index is 0.324. The minimum Gasteiger partial charge on any atom is -0.344 e. The standard InChI is InChI=1S/C12H14F4N2O/c1-7(9-4-2-8(6-17)3-5-9)18-11(19)12(15,16)10(13)14/h2-5,7,10H,6,17H2,1H3,(H,18,19). The van der Waals surface area contributed by atoms with Crippen LogP contribution in [-0.4, -0.2) is 18.3 Å². The zero-order chi connectivity index (χ0) is 14.6. The number of hydrogen-bond acceptors (Lipinski definition) is 2. The Kier molecular flexibility index (Phi) is 4.88. The van der Waals surface area contributed by atoms with E-state index in [0.29, 0.717) is 12.1 Å². The summed E-state index contributed by atoms with van der Waals surface area (Å²) in [6.45, 7) is 1.75. The lowest BCUT2D eigenvalue weighted by Crippen LogP contribution is -2.45. The summed E-state index contributed by atoms with van der Waals surface area (Å²) in [5, 5.41) is 1.86. The van der Waals surface area contributed by atoms with Gasteiger partial charge in [0.15, 0.2) is 0 Å². The smallest absolute Gasteiger partial charge is 0.344 e. The Morgan fingerprint density at radius 2 is 1.84 bits per heavy atom. The van der Waals surface area contributed by atoms with E-state index in [2.05, 4.69) is 0 Å². The molecule has 0 radical (unpaired) electrons. The van der Waals surface area contributed by atoms with Gasteiger partial charge in [0.05, 0.1) is 6.04 Å². The summed E-state index contributed by atoms with van der Waals surface area (Å²) >= 11 is 0. The van der Waals surface area contributed by atoms with Gasteiger partial charge in [0.2, 0.25) is 0 Å². The Morgan fingerprint density at radius 1 is 1.32 bits per heavy atom. The van der Waals surface area contributed by atoms with Gasteiger partial charge in [0, 0.05) is 6.54 Å². The van der Waals surface area contributed by atoms with E-state index in [1.165, 1.54) is 6.92 Å². The second kappa shape index (κ2) is 6.01. The van der Waals surface area contributed by atoms with Gasteiger partial charge in [-0.25, -0.2) is 8.78 Å². The van der Waals surface area contributed by atoms with Crippen molar-refractivity contribution in [1.29, 1.82) is 0 Å². The predicted molar refractivity (Wildman–Crippen MR) is 61.8 cm³/mol. The van der Waals surface area contributed by atoms with Crippen molar-refractivity contribution in [2.75, 3.05) is 0 Å². The first-order valence-electron chi connectivity index (χ1n) is 5.55. The molecule has 1 atom stereocenters. The van der Waals surface area contributed by atoms with E-state index < -0.39 is 24.3 Å². The van der Waals surface area contributed by atoms with Gasteiger partial charge in [-0.05, 0) is 18.1 Å². The first-order valence-corrected chi connectivity index (χ1v) is 5.55. The van der Waals surface area contributed by atoms with Crippen LogP contribution in [0, 0.1) is 0 Å². The molecule has 0 aromatic heterocycles. The van der Waals surface area contributed by atoms with E-state index in [9.17, 15) is 22.4 Å². The number of carbonyl (C=O) groups is 1. The molecule has 3 nitrogen and oxygen atoms in total. The number of nitrogens with two attached hydrogens (primary N) is 1. The Balaban J connectivity index is 2.73. The van der Waals surface area contributed by atoms with Gasteiger partial charge in [-0.1, -0.05) is 24.3 Å². The number of rotatable bonds is 5. The summed E-state index contributed by atoms with van der Waals surface area (Å²) in [4.78, 5) is 11.1. The molecule has 0 spiro atoms. The van der Waals surface area contributed by atoms with Crippen LogP contribution in [-0.2, 0) is 11.3 Å². The molecule has 0 bridgehead atoms. The molecule has 1 amide bonds. The van der Waals surface area contributed by atoms with E-state index in [1.54, 1.807) is 24.3 Å². The summed E-state index contributed by atoms with van der Waals surface area (Å²) in [7, 11) is 0. The lowest BCUT2D eigenvalue weighted by Gasteiger charge is -2.19. The molecular formula is C12H14F4N2O. The number of nitrogens with one attached hydrogen (secondary N) is 1. The molecule has 1 rings (SSSR count). The van der Waals surface area contributed by atoms with Crippen molar-refractivity contribution in [3.8, 4) is 0 Å². The number of halogens is 4. The average molecular weight is 278 g/mol. The van der Waals surface area contributed by atoms with Crippen molar-refractivity contribution in [3.05, 3.63) is 35.4 Å². The largest absolute Gasteiger partial charge is 0.383 e. The number of benzene rings is 1. The second-order valence-electron chi connectivity index (χ2n) is 4.06. The van der Waals surface area contributed by atoms with Crippen LogP contribution >= 0.6 is 0 Å². The first kappa shape index (κ1) is 15.4. The van der Waals surface area contributed by atoms with Crippen LogP contribution in [0.5, 0.6) is 0 Å². The van der Waals surface area contributed by atoms with Crippen molar-refractivity contribution in [2.45, 2.75) is 31.9 Å². The van der Waals surface area contributed by atoms with Crippen molar-refractivity contribution in [2.24, 2.45) is 5.73 Å². The number of amides is 1. The lowest BCUT2D eigenvalue weighted by atomic mass is 10.1. The van der Waals surface area contributed by atoms with Gasteiger partial charge >= 0.3 is 12.3 Å². The van der Waals surface area contributed by atoms with E-state index in [4.69, 9.17) is 5.73 Å². The summed E-state index contributed by atoms with van der Waals surface area (Å²) in [5.74, 6) is -6.68. The maximum absolute atomic E-state index is 12.8. The van der Waals surface area contributed by atoms with Gasteiger partial charge in [0.25, 0.3) is 5.91 Å². The molecule has 1 aromatic carbocycles. The Bertz CT molecular complexity index is 434. The molecule has 0 aliphatic heterocycles. The average Bonchev–Trinajstić information content (AvgIpc) is 2.38. The molecule has 0 aliphatic carbocycles. The van der Waals surface area contributed by atoms with Gasteiger partial charge < -0.3 is 11.1 Å². The van der Waals surface area contributed by atoms with Crippen molar-refractivity contribution in [1.82, 2.24) is 5.32 Å². The molecule has 1 unspecified atom stereocenters. The van der Waals surface area contributed by atoms with E-state index >= 15 is 0 Å². The van der Waals surface area contributed by atoms with Gasteiger partial charge in [-0.15, -0.1) is 0 Å². The van der Waals surface area contributed by atoms with Crippen LogP contribution in [0.4, 0.5) is 17.6 Å². The van der Waals surface area contributed by atoms with Gasteiger partial charge in [0.1, 0.15) is 0 Å². The Morgan fingerprint density at radius 3 is 2.26 bits per heavy atom. The third-order valence-electron chi connectivity index (χ3n) is 2.64.